The fraction of sp³-hybridized carbons (Fsp3) is 0.321. The first-order valence-corrected chi connectivity index (χ1v) is 14.4. The van der Waals surface area contributed by atoms with E-state index in [0.29, 0.717) is 49.3 Å². The number of sulfone groups is 1. The normalized spacial score (nSPS) is 15.8. The summed E-state index contributed by atoms with van der Waals surface area (Å²) in [6.07, 6.45) is 1.02. The molecule has 0 saturated carbocycles. The number of amides is 1. The Kier molecular flexibility index (Phi) is 7.74. The summed E-state index contributed by atoms with van der Waals surface area (Å²) in [6, 6.07) is 20.2. The van der Waals surface area contributed by atoms with E-state index in [4.69, 9.17) is 9.39 Å². The van der Waals surface area contributed by atoms with E-state index < -0.39 is 17.0 Å². The minimum Gasteiger partial charge on any atom is -0.445 e. The van der Waals surface area contributed by atoms with Gasteiger partial charge in [-0.05, 0) is 59.6 Å². The van der Waals surface area contributed by atoms with Crippen LogP contribution in [0.4, 0.5) is 10.5 Å². The van der Waals surface area contributed by atoms with Crippen LogP contribution in [-0.4, -0.2) is 50.7 Å². The number of fused-ring (bicyclic) bond motifs is 1. The number of anilines is 1. The van der Waals surface area contributed by atoms with Crippen molar-refractivity contribution in [1.29, 1.82) is 0 Å². The molecule has 1 amide bonds. The molecule has 2 aliphatic rings. The van der Waals surface area contributed by atoms with Crippen LogP contribution in [0.3, 0.4) is 0 Å². The SMILES string of the molecule is Cc1ccc(S(=O)(=O)Cc2ccc3c(c2)B(O)OC3)c(NC2CCN(C(=O)OCc3ccccc3)CC2)c1. The molecule has 10 heteroatoms. The number of rotatable bonds is 7. The van der Waals surface area contributed by atoms with Crippen molar-refractivity contribution in [3.8, 4) is 0 Å². The number of piperidine rings is 1. The average Bonchev–Trinajstić information content (AvgIpc) is 3.28. The quantitative estimate of drug-likeness (QED) is 0.448. The third-order valence-corrected chi connectivity index (χ3v) is 8.76. The van der Waals surface area contributed by atoms with Crippen molar-refractivity contribution < 1.29 is 27.6 Å². The zero-order valence-electron chi connectivity index (χ0n) is 21.3. The average molecular weight is 534 g/mol. The van der Waals surface area contributed by atoms with Gasteiger partial charge in [-0.2, -0.15) is 0 Å². The molecule has 5 rings (SSSR count). The molecule has 0 aliphatic carbocycles. The fourth-order valence-electron chi connectivity index (χ4n) is 4.92. The van der Waals surface area contributed by atoms with Gasteiger partial charge >= 0.3 is 13.2 Å². The zero-order chi connectivity index (χ0) is 26.7. The number of nitrogens with one attached hydrogen (secondary N) is 1. The Labute approximate surface area is 223 Å². The van der Waals surface area contributed by atoms with Crippen molar-refractivity contribution in [2.75, 3.05) is 18.4 Å². The summed E-state index contributed by atoms with van der Waals surface area (Å²) < 4.78 is 37.7. The van der Waals surface area contributed by atoms with Gasteiger partial charge in [0, 0.05) is 19.1 Å². The molecule has 0 aromatic heterocycles. The molecule has 0 spiro atoms. The number of ether oxygens (including phenoxy) is 1. The van der Waals surface area contributed by atoms with E-state index >= 15 is 0 Å². The molecule has 38 heavy (non-hydrogen) atoms. The molecule has 2 heterocycles. The minimum absolute atomic E-state index is 0.0243. The van der Waals surface area contributed by atoms with Crippen LogP contribution >= 0.6 is 0 Å². The Balaban J connectivity index is 1.22. The summed E-state index contributed by atoms with van der Waals surface area (Å²) in [5, 5.41) is 13.4. The third-order valence-electron chi connectivity index (χ3n) is 7.02. The number of nitrogens with zero attached hydrogens (tertiary/aromatic N) is 1. The van der Waals surface area contributed by atoms with Crippen LogP contribution in [0.25, 0.3) is 0 Å². The monoisotopic (exact) mass is 534 g/mol. The predicted octanol–water partition coefficient (Wildman–Crippen LogP) is 3.40. The van der Waals surface area contributed by atoms with E-state index in [9.17, 15) is 18.2 Å². The highest BCUT2D eigenvalue weighted by molar-refractivity contribution is 7.90. The number of carbonyl (C=O) groups excluding carboxylic acids is 1. The zero-order valence-corrected chi connectivity index (χ0v) is 22.1. The Morgan fingerprint density at radius 3 is 2.61 bits per heavy atom. The fourth-order valence-corrected chi connectivity index (χ4v) is 6.42. The molecule has 1 fully saturated rings. The molecule has 1 saturated heterocycles. The minimum atomic E-state index is -3.67. The van der Waals surface area contributed by atoms with Crippen molar-refractivity contribution >= 4 is 34.2 Å². The van der Waals surface area contributed by atoms with Crippen LogP contribution in [0.15, 0.2) is 71.6 Å². The van der Waals surface area contributed by atoms with Crippen molar-refractivity contribution in [2.45, 2.75) is 49.7 Å². The second kappa shape index (κ2) is 11.2. The maximum Gasteiger partial charge on any atom is 0.491 e. The largest absolute Gasteiger partial charge is 0.491 e. The lowest BCUT2D eigenvalue weighted by Gasteiger charge is -2.32. The van der Waals surface area contributed by atoms with Gasteiger partial charge in [0.15, 0.2) is 9.84 Å². The number of hydrogen-bond acceptors (Lipinski definition) is 7. The van der Waals surface area contributed by atoms with Crippen LogP contribution in [0.5, 0.6) is 0 Å². The van der Waals surface area contributed by atoms with Crippen molar-refractivity contribution in [2.24, 2.45) is 0 Å². The second-order valence-corrected chi connectivity index (χ2v) is 11.9. The molecule has 2 aliphatic heterocycles. The maximum absolute atomic E-state index is 13.5. The first-order valence-electron chi connectivity index (χ1n) is 12.8. The number of carbonyl (C=O) groups is 1. The topological polar surface area (TPSA) is 105 Å². The van der Waals surface area contributed by atoms with Gasteiger partial charge in [-0.1, -0.05) is 54.6 Å². The first-order chi connectivity index (χ1) is 18.3. The van der Waals surface area contributed by atoms with Gasteiger partial charge in [0.05, 0.1) is 22.9 Å². The Bertz CT molecular complexity index is 1410. The van der Waals surface area contributed by atoms with Crippen molar-refractivity contribution in [3.63, 3.8) is 0 Å². The lowest BCUT2D eigenvalue weighted by atomic mass is 9.79. The van der Waals surface area contributed by atoms with Gasteiger partial charge < -0.3 is 24.6 Å². The third kappa shape index (κ3) is 6.04. The van der Waals surface area contributed by atoms with Gasteiger partial charge in [0.1, 0.15) is 6.61 Å². The molecule has 198 valence electrons. The molecule has 2 N–H and O–H groups in total. The second-order valence-electron chi connectivity index (χ2n) is 9.90. The highest BCUT2D eigenvalue weighted by atomic mass is 32.2. The summed E-state index contributed by atoms with van der Waals surface area (Å²) in [5.74, 6) is -0.184. The number of likely N-dealkylation sites (tertiary alicyclic amines) is 1. The number of benzene rings is 3. The standard InChI is InChI=1S/C28H31BN2O6S/c1-20-7-10-27(38(34,35)19-22-8-9-23-18-37-29(33)25(23)16-22)26(15-20)30-24-11-13-31(14-12-24)28(32)36-17-21-5-3-2-4-6-21/h2-10,15-16,24,30,33H,11-14,17-19H2,1H3. The van der Waals surface area contributed by atoms with E-state index in [-0.39, 0.29) is 29.4 Å². The lowest BCUT2D eigenvalue weighted by Crippen LogP contribution is -2.42. The first kappa shape index (κ1) is 26.3. The molecule has 0 unspecified atom stereocenters. The van der Waals surface area contributed by atoms with Crippen molar-refractivity contribution in [3.05, 3.63) is 89.0 Å². The van der Waals surface area contributed by atoms with Gasteiger partial charge in [0.2, 0.25) is 0 Å². The Hall–Kier alpha value is -3.34. The smallest absolute Gasteiger partial charge is 0.445 e. The summed E-state index contributed by atoms with van der Waals surface area (Å²) in [4.78, 5) is 14.4. The van der Waals surface area contributed by atoms with Gasteiger partial charge in [0.25, 0.3) is 0 Å². The van der Waals surface area contributed by atoms with E-state index in [1.807, 2.05) is 49.4 Å². The van der Waals surface area contributed by atoms with Gasteiger partial charge in [-0.15, -0.1) is 0 Å². The molecule has 8 nitrogen and oxygen atoms in total. The van der Waals surface area contributed by atoms with Crippen LogP contribution in [0, 0.1) is 6.92 Å². The molecular weight excluding hydrogens is 503 g/mol. The number of aryl methyl sites for hydroxylation is 1. The summed E-state index contributed by atoms with van der Waals surface area (Å²) in [6.45, 7) is 3.53. The van der Waals surface area contributed by atoms with E-state index in [0.717, 1.165) is 16.7 Å². The van der Waals surface area contributed by atoms with E-state index in [1.165, 1.54) is 0 Å². The van der Waals surface area contributed by atoms with Crippen molar-refractivity contribution in [1.82, 2.24) is 4.90 Å². The van der Waals surface area contributed by atoms with Crippen LogP contribution in [0.2, 0.25) is 0 Å². The van der Waals surface area contributed by atoms with Crippen LogP contribution in [-0.2, 0) is 38.2 Å². The lowest BCUT2D eigenvalue weighted by molar-refractivity contribution is 0.0881. The molecule has 0 radical (unpaired) electrons. The molecule has 0 atom stereocenters. The summed E-state index contributed by atoms with van der Waals surface area (Å²) in [5.41, 5.74) is 4.54. The highest BCUT2D eigenvalue weighted by Gasteiger charge is 2.29. The summed E-state index contributed by atoms with van der Waals surface area (Å²) in [7, 11) is -4.70. The Morgan fingerprint density at radius 1 is 1.08 bits per heavy atom. The Morgan fingerprint density at radius 2 is 1.84 bits per heavy atom. The predicted molar refractivity (Wildman–Crippen MR) is 146 cm³/mol. The molecule has 0 bridgehead atoms. The van der Waals surface area contributed by atoms with Crippen LogP contribution < -0.4 is 10.8 Å². The molecular formula is C28H31BN2O6S. The highest BCUT2D eigenvalue weighted by Crippen LogP contribution is 2.29. The molecule has 3 aromatic carbocycles. The van der Waals surface area contributed by atoms with E-state index in [1.54, 1.807) is 29.2 Å². The van der Waals surface area contributed by atoms with Gasteiger partial charge in [-0.25, -0.2) is 13.2 Å². The maximum atomic E-state index is 13.5. The van der Waals surface area contributed by atoms with E-state index in [2.05, 4.69) is 5.32 Å². The van der Waals surface area contributed by atoms with Gasteiger partial charge in [-0.3, -0.25) is 0 Å². The van der Waals surface area contributed by atoms with Crippen LogP contribution in [0.1, 0.15) is 35.1 Å². The molecule has 3 aromatic rings. The summed E-state index contributed by atoms with van der Waals surface area (Å²) >= 11 is 0. The number of hydrogen-bond donors (Lipinski definition) is 2.